The fourth-order valence-corrected chi connectivity index (χ4v) is 2.59. The fraction of sp³-hybridized carbons (Fsp3) is 0.385. The zero-order chi connectivity index (χ0) is 15.6. The maximum Gasteiger partial charge on any atom is 0.264 e. The molecule has 0 atom stereocenters. The molecule has 1 heterocycles. The highest BCUT2D eigenvalue weighted by atomic mass is 35.7. The van der Waals surface area contributed by atoms with Gasteiger partial charge < -0.3 is 9.26 Å². The SMILES string of the molecule is Cc1noc(COc2ccc(S(=O)(=O)Cl)cc2C(C)C)n1. The van der Waals surface area contributed by atoms with E-state index in [2.05, 4.69) is 10.1 Å². The quantitative estimate of drug-likeness (QED) is 0.784. The number of aryl methyl sites for hydroxylation is 1. The number of hydrogen-bond acceptors (Lipinski definition) is 6. The molecule has 0 saturated heterocycles. The average molecular weight is 331 g/mol. The lowest BCUT2D eigenvalue weighted by molar-refractivity contribution is 0.240. The number of benzene rings is 1. The zero-order valence-corrected chi connectivity index (χ0v) is 13.4. The Balaban J connectivity index is 2.26. The minimum atomic E-state index is -3.76. The number of nitrogens with zero attached hydrogens (tertiary/aromatic N) is 2. The first-order chi connectivity index (χ1) is 9.77. The summed E-state index contributed by atoms with van der Waals surface area (Å²) in [6, 6.07) is 4.50. The molecule has 2 aromatic rings. The van der Waals surface area contributed by atoms with E-state index in [1.807, 2.05) is 13.8 Å². The van der Waals surface area contributed by atoms with Crippen LogP contribution in [-0.2, 0) is 15.7 Å². The van der Waals surface area contributed by atoms with Crippen molar-refractivity contribution < 1.29 is 17.7 Å². The molecule has 0 spiro atoms. The molecule has 0 aliphatic rings. The third-order valence-electron chi connectivity index (χ3n) is 2.81. The van der Waals surface area contributed by atoms with Crippen molar-refractivity contribution >= 4 is 19.7 Å². The number of rotatable bonds is 5. The van der Waals surface area contributed by atoms with Crippen molar-refractivity contribution in [3.05, 3.63) is 35.5 Å². The van der Waals surface area contributed by atoms with E-state index in [4.69, 9.17) is 19.9 Å². The van der Waals surface area contributed by atoms with Crippen LogP contribution in [0.2, 0.25) is 0 Å². The van der Waals surface area contributed by atoms with Gasteiger partial charge in [0.05, 0.1) is 4.90 Å². The third-order valence-corrected chi connectivity index (χ3v) is 4.16. The molecule has 6 nitrogen and oxygen atoms in total. The topological polar surface area (TPSA) is 82.3 Å². The average Bonchev–Trinajstić information content (AvgIpc) is 2.80. The van der Waals surface area contributed by atoms with Gasteiger partial charge in [-0.1, -0.05) is 19.0 Å². The van der Waals surface area contributed by atoms with Gasteiger partial charge in [0, 0.05) is 10.7 Å². The van der Waals surface area contributed by atoms with E-state index in [1.54, 1.807) is 13.0 Å². The van der Waals surface area contributed by atoms with Crippen LogP contribution in [-0.4, -0.2) is 18.6 Å². The summed E-state index contributed by atoms with van der Waals surface area (Å²) in [6.45, 7) is 5.70. The molecule has 1 aromatic carbocycles. The maximum atomic E-state index is 11.4. The summed E-state index contributed by atoms with van der Waals surface area (Å²) in [4.78, 5) is 4.09. The molecule has 2 rings (SSSR count). The van der Waals surface area contributed by atoms with Gasteiger partial charge in [-0.15, -0.1) is 0 Å². The number of hydrogen-bond donors (Lipinski definition) is 0. The summed E-state index contributed by atoms with van der Waals surface area (Å²) in [6.07, 6.45) is 0. The summed E-state index contributed by atoms with van der Waals surface area (Å²) >= 11 is 0. The van der Waals surface area contributed by atoms with Crippen LogP contribution in [0.15, 0.2) is 27.6 Å². The molecule has 0 amide bonds. The molecule has 0 radical (unpaired) electrons. The lowest BCUT2D eigenvalue weighted by Crippen LogP contribution is -2.02. The molecule has 0 bridgehead atoms. The number of ether oxygens (including phenoxy) is 1. The van der Waals surface area contributed by atoms with E-state index in [0.29, 0.717) is 17.5 Å². The van der Waals surface area contributed by atoms with Crippen LogP contribution in [0.3, 0.4) is 0 Å². The summed E-state index contributed by atoms with van der Waals surface area (Å²) in [7, 11) is 1.60. The van der Waals surface area contributed by atoms with E-state index in [-0.39, 0.29) is 17.4 Å². The lowest BCUT2D eigenvalue weighted by atomic mass is 10.0. The van der Waals surface area contributed by atoms with E-state index >= 15 is 0 Å². The van der Waals surface area contributed by atoms with Crippen molar-refractivity contribution in [3.8, 4) is 5.75 Å². The Bertz CT molecular complexity index is 740. The third kappa shape index (κ3) is 3.95. The predicted octanol–water partition coefficient (Wildman–Crippen LogP) is 3.01. The van der Waals surface area contributed by atoms with Crippen LogP contribution in [0.4, 0.5) is 0 Å². The molecule has 21 heavy (non-hydrogen) atoms. The molecule has 0 aliphatic heterocycles. The van der Waals surface area contributed by atoms with E-state index in [1.165, 1.54) is 12.1 Å². The molecule has 8 heteroatoms. The Labute approximate surface area is 127 Å². The van der Waals surface area contributed by atoms with Crippen molar-refractivity contribution in [1.29, 1.82) is 0 Å². The first-order valence-corrected chi connectivity index (χ1v) is 8.59. The highest BCUT2D eigenvalue weighted by Gasteiger charge is 2.16. The van der Waals surface area contributed by atoms with Crippen LogP contribution in [0.5, 0.6) is 5.75 Å². The summed E-state index contributed by atoms with van der Waals surface area (Å²) < 4.78 is 33.4. The van der Waals surface area contributed by atoms with Gasteiger partial charge in [-0.25, -0.2) is 8.42 Å². The van der Waals surface area contributed by atoms with Gasteiger partial charge in [-0.05, 0) is 36.6 Å². The van der Waals surface area contributed by atoms with Crippen LogP contribution < -0.4 is 4.74 Å². The van der Waals surface area contributed by atoms with Crippen LogP contribution in [0.25, 0.3) is 0 Å². The highest BCUT2D eigenvalue weighted by Crippen LogP contribution is 2.30. The zero-order valence-electron chi connectivity index (χ0n) is 11.8. The number of halogens is 1. The smallest absolute Gasteiger partial charge is 0.264 e. The van der Waals surface area contributed by atoms with Crippen molar-refractivity contribution in [1.82, 2.24) is 10.1 Å². The monoisotopic (exact) mass is 330 g/mol. The molecule has 114 valence electrons. The van der Waals surface area contributed by atoms with Gasteiger partial charge in [-0.3, -0.25) is 0 Å². The summed E-state index contributed by atoms with van der Waals surface area (Å²) in [5.74, 6) is 1.52. The van der Waals surface area contributed by atoms with Gasteiger partial charge in [0.1, 0.15) is 5.75 Å². The highest BCUT2D eigenvalue weighted by molar-refractivity contribution is 8.13. The Kier molecular flexibility index (Phi) is 4.53. The molecular formula is C13H15ClN2O4S. The Hall–Kier alpha value is -1.60. The summed E-state index contributed by atoms with van der Waals surface area (Å²) in [5.41, 5.74) is 0.743. The first kappa shape index (κ1) is 15.8. The van der Waals surface area contributed by atoms with E-state index in [9.17, 15) is 8.42 Å². The molecule has 0 saturated carbocycles. The maximum absolute atomic E-state index is 11.4. The Morgan fingerprint density at radius 3 is 2.62 bits per heavy atom. The molecule has 0 aliphatic carbocycles. The second kappa shape index (κ2) is 6.03. The summed E-state index contributed by atoms with van der Waals surface area (Å²) in [5, 5.41) is 3.67. The van der Waals surface area contributed by atoms with Crippen molar-refractivity contribution in [2.45, 2.75) is 38.2 Å². The van der Waals surface area contributed by atoms with Crippen LogP contribution in [0, 0.1) is 6.92 Å². The van der Waals surface area contributed by atoms with Crippen molar-refractivity contribution in [3.63, 3.8) is 0 Å². The van der Waals surface area contributed by atoms with Gasteiger partial charge >= 0.3 is 0 Å². The van der Waals surface area contributed by atoms with E-state index < -0.39 is 9.05 Å². The predicted molar refractivity (Wildman–Crippen MR) is 76.9 cm³/mol. The second-order valence-electron chi connectivity index (χ2n) is 4.82. The minimum Gasteiger partial charge on any atom is -0.483 e. The van der Waals surface area contributed by atoms with Gasteiger partial charge in [0.2, 0.25) is 0 Å². The Morgan fingerprint density at radius 2 is 2.10 bits per heavy atom. The standard InChI is InChI=1S/C13H15ClN2O4S/c1-8(2)11-6-10(21(14,17)18)4-5-12(11)19-7-13-15-9(3)16-20-13/h4-6,8H,7H2,1-3H3. The van der Waals surface area contributed by atoms with Crippen LogP contribution >= 0.6 is 10.7 Å². The lowest BCUT2D eigenvalue weighted by Gasteiger charge is -2.14. The van der Waals surface area contributed by atoms with Gasteiger partial charge in [0.25, 0.3) is 14.9 Å². The molecular weight excluding hydrogens is 316 g/mol. The largest absolute Gasteiger partial charge is 0.483 e. The van der Waals surface area contributed by atoms with Gasteiger partial charge in [-0.2, -0.15) is 4.98 Å². The van der Waals surface area contributed by atoms with E-state index in [0.717, 1.165) is 5.56 Å². The second-order valence-corrected chi connectivity index (χ2v) is 7.38. The van der Waals surface area contributed by atoms with Crippen LogP contribution in [0.1, 0.15) is 37.0 Å². The minimum absolute atomic E-state index is 0.0499. The first-order valence-electron chi connectivity index (χ1n) is 6.28. The van der Waals surface area contributed by atoms with Gasteiger partial charge in [0.15, 0.2) is 12.4 Å². The molecule has 0 fully saturated rings. The molecule has 1 aromatic heterocycles. The normalized spacial score (nSPS) is 11.9. The van der Waals surface area contributed by atoms with Crippen molar-refractivity contribution in [2.24, 2.45) is 0 Å². The molecule has 0 N–H and O–H groups in total. The van der Waals surface area contributed by atoms with Crippen molar-refractivity contribution in [2.75, 3.05) is 0 Å². The Morgan fingerprint density at radius 1 is 1.38 bits per heavy atom. The molecule has 0 unspecified atom stereocenters. The fourth-order valence-electron chi connectivity index (χ4n) is 1.80. The number of aromatic nitrogens is 2.